The number of hydrogen-bond donors (Lipinski definition) is 0. The van der Waals surface area contributed by atoms with Crippen LogP contribution < -0.4 is 0 Å². The summed E-state index contributed by atoms with van der Waals surface area (Å²) in [6, 6.07) is 0. The largest absolute Gasteiger partial charge is 0.370 e. The number of rotatable bonds is 3. The zero-order valence-electron chi connectivity index (χ0n) is 9.77. The molecule has 3 aliphatic carbocycles. The summed E-state index contributed by atoms with van der Waals surface area (Å²) in [4.78, 5) is 0. The van der Waals surface area contributed by atoms with Crippen molar-refractivity contribution in [3.05, 3.63) is 36.0 Å². The Labute approximate surface area is 97.9 Å². The normalized spacial score (nSPS) is 33.9. The molecule has 0 radical (unpaired) electrons. The lowest BCUT2D eigenvalue weighted by molar-refractivity contribution is 0.00970. The van der Waals surface area contributed by atoms with Crippen LogP contribution in [-0.4, -0.2) is 12.2 Å². The molecule has 1 heteroatoms. The summed E-state index contributed by atoms with van der Waals surface area (Å²) in [5, 5.41) is 0. The second kappa shape index (κ2) is 4.58. The van der Waals surface area contributed by atoms with Gasteiger partial charge in [-0.15, -0.1) is 0 Å². The minimum Gasteiger partial charge on any atom is -0.370 e. The maximum Gasteiger partial charge on any atom is 0.0797 e. The van der Waals surface area contributed by atoms with Gasteiger partial charge >= 0.3 is 0 Å². The Hall–Kier alpha value is -0.820. The molecule has 0 saturated heterocycles. The Morgan fingerprint density at radius 3 is 2.62 bits per heavy atom. The van der Waals surface area contributed by atoms with Crippen LogP contribution in [0.4, 0.5) is 0 Å². The summed E-state index contributed by atoms with van der Waals surface area (Å²) in [7, 11) is 0. The van der Waals surface area contributed by atoms with E-state index < -0.39 is 0 Å². The van der Waals surface area contributed by atoms with Crippen molar-refractivity contribution in [2.24, 2.45) is 5.92 Å². The SMILES string of the molecule is C1=CC[C@@H](O[C@H]2C=CC(C3CC3)=CC2)CC1. The standard InChI is InChI=1S/C15H20O/c1-2-4-14(5-3-1)16-15-10-8-13(9-11-15)12-6-7-12/h1-2,8-10,12,14-15H,3-7,11H2/t14-,15+/m1/s1. The summed E-state index contributed by atoms with van der Waals surface area (Å²) < 4.78 is 6.10. The number of allylic oxidation sites excluding steroid dienone is 3. The maximum absolute atomic E-state index is 6.10. The molecular formula is C15H20O. The van der Waals surface area contributed by atoms with Gasteiger partial charge in [-0.3, -0.25) is 0 Å². The second-order valence-corrected chi connectivity index (χ2v) is 5.15. The van der Waals surface area contributed by atoms with Crippen LogP contribution in [0, 0.1) is 5.92 Å². The molecule has 86 valence electrons. The van der Waals surface area contributed by atoms with Crippen molar-refractivity contribution < 1.29 is 4.74 Å². The van der Waals surface area contributed by atoms with Gasteiger partial charge in [-0.25, -0.2) is 0 Å². The monoisotopic (exact) mass is 216 g/mol. The highest BCUT2D eigenvalue weighted by Gasteiger charge is 2.26. The zero-order valence-corrected chi connectivity index (χ0v) is 9.77. The number of ether oxygens (including phenoxy) is 1. The highest BCUT2D eigenvalue weighted by atomic mass is 16.5. The fourth-order valence-corrected chi connectivity index (χ4v) is 2.57. The lowest BCUT2D eigenvalue weighted by atomic mass is 10.00. The molecule has 0 unspecified atom stereocenters. The van der Waals surface area contributed by atoms with Gasteiger partial charge in [0.2, 0.25) is 0 Å². The average Bonchev–Trinajstić information content (AvgIpc) is 3.15. The van der Waals surface area contributed by atoms with Gasteiger partial charge in [-0.2, -0.15) is 0 Å². The fourth-order valence-electron chi connectivity index (χ4n) is 2.57. The van der Waals surface area contributed by atoms with Crippen molar-refractivity contribution in [2.45, 2.75) is 50.7 Å². The van der Waals surface area contributed by atoms with Gasteiger partial charge in [-0.1, -0.05) is 30.4 Å². The quantitative estimate of drug-likeness (QED) is 0.652. The zero-order chi connectivity index (χ0) is 10.8. The third-order valence-electron chi connectivity index (χ3n) is 3.73. The smallest absolute Gasteiger partial charge is 0.0797 e. The van der Waals surface area contributed by atoms with Gasteiger partial charge in [0.15, 0.2) is 0 Å². The molecule has 1 nitrogen and oxygen atoms in total. The predicted octanol–water partition coefficient (Wildman–Crippen LogP) is 3.78. The van der Waals surface area contributed by atoms with Gasteiger partial charge in [0.05, 0.1) is 12.2 Å². The van der Waals surface area contributed by atoms with Gasteiger partial charge in [-0.05, 0) is 50.0 Å². The van der Waals surface area contributed by atoms with Gasteiger partial charge in [0, 0.05) is 0 Å². The van der Waals surface area contributed by atoms with Crippen LogP contribution in [0.3, 0.4) is 0 Å². The Morgan fingerprint density at radius 1 is 1.06 bits per heavy atom. The van der Waals surface area contributed by atoms with E-state index in [4.69, 9.17) is 4.74 Å². The molecule has 0 bridgehead atoms. The Morgan fingerprint density at radius 2 is 2.00 bits per heavy atom. The van der Waals surface area contributed by atoms with E-state index >= 15 is 0 Å². The van der Waals surface area contributed by atoms with Gasteiger partial charge < -0.3 is 4.74 Å². The first-order chi connectivity index (χ1) is 7.92. The van der Waals surface area contributed by atoms with Crippen molar-refractivity contribution in [1.82, 2.24) is 0 Å². The molecule has 0 aromatic rings. The minimum atomic E-state index is 0.332. The van der Waals surface area contributed by atoms with E-state index in [0.717, 1.165) is 18.8 Å². The summed E-state index contributed by atoms with van der Waals surface area (Å²) in [5.41, 5.74) is 1.56. The van der Waals surface area contributed by atoms with Crippen LogP contribution in [0.1, 0.15) is 38.5 Å². The highest BCUT2D eigenvalue weighted by molar-refractivity contribution is 5.29. The first kappa shape index (κ1) is 10.3. The van der Waals surface area contributed by atoms with E-state index in [1.807, 2.05) is 0 Å². The van der Waals surface area contributed by atoms with E-state index in [-0.39, 0.29) is 0 Å². The van der Waals surface area contributed by atoms with E-state index in [2.05, 4.69) is 30.4 Å². The molecule has 3 aliphatic rings. The fraction of sp³-hybridized carbons (Fsp3) is 0.600. The highest BCUT2D eigenvalue weighted by Crippen LogP contribution is 2.38. The van der Waals surface area contributed by atoms with E-state index in [1.165, 1.54) is 25.7 Å². The molecule has 0 heterocycles. The van der Waals surface area contributed by atoms with Crippen molar-refractivity contribution in [3.8, 4) is 0 Å². The molecule has 0 aliphatic heterocycles. The van der Waals surface area contributed by atoms with Crippen molar-refractivity contribution in [1.29, 1.82) is 0 Å². The van der Waals surface area contributed by atoms with Crippen LogP contribution in [0.5, 0.6) is 0 Å². The lowest BCUT2D eigenvalue weighted by Gasteiger charge is -2.25. The minimum absolute atomic E-state index is 0.332. The second-order valence-electron chi connectivity index (χ2n) is 5.15. The first-order valence-electron chi connectivity index (χ1n) is 6.60. The van der Waals surface area contributed by atoms with Gasteiger partial charge in [0.25, 0.3) is 0 Å². The molecule has 3 rings (SSSR count). The molecule has 0 aromatic carbocycles. The molecule has 1 fully saturated rings. The van der Waals surface area contributed by atoms with E-state index in [9.17, 15) is 0 Å². The van der Waals surface area contributed by atoms with Crippen LogP contribution in [0.2, 0.25) is 0 Å². The molecule has 0 aromatic heterocycles. The molecule has 0 N–H and O–H groups in total. The Bertz CT molecular complexity index is 333. The van der Waals surface area contributed by atoms with Crippen molar-refractivity contribution in [3.63, 3.8) is 0 Å². The molecule has 0 spiro atoms. The summed E-state index contributed by atoms with van der Waals surface area (Å²) in [5.74, 6) is 0.884. The average molecular weight is 216 g/mol. The summed E-state index contributed by atoms with van der Waals surface area (Å²) in [6.07, 6.45) is 19.6. The van der Waals surface area contributed by atoms with Crippen LogP contribution in [0.15, 0.2) is 36.0 Å². The third kappa shape index (κ3) is 2.46. The Balaban J connectivity index is 1.50. The summed E-state index contributed by atoms with van der Waals surface area (Å²) >= 11 is 0. The molecule has 0 amide bonds. The maximum atomic E-state index is 6.10. The van der Waals surface area contributed by atoms with Crippen LogP contribution >= 0.6 is 0 Å². The third-order valence-corrected chi connectivity index (χ3v) is 3.73. The van der Waals surface area contributed by atoms with Crippen LogP contribution in [-0.2, 0) is 4.74 Å². The first-order valence-corrected chi connectivity index (χ1v) is 6.60. The van der Waals surface area contributed by atoms with Crippen molar-refractivity contribution in [2.75, 3.05) is 0 Å². The summed E-state index contributed by atoms with van der Waals surface area (Å²) in [6.45, 7) is 0. The van der Waals surface area contributed by atoms with Crippen LogP contribution in [0.25, 0.3) is 0 Å². The topological polar surface area (TPSA) is 9.23 Å². The molecule has 1 saturated carbocycles. The van der Waals surface area contributed by atoms with E-state index in [0.29, 0.717) is 12.2 Å². The van der Waals surface area contributed by atoms with Gasteiger partial charge in [0.1, 0.15) is 0 Å². The number of hydrogen-bond acceptors (Lipinski definition) is 1. The predicted molar refractivity (Wildman–Crippen MR) is 66.2 cm³/mol. The lowest BCUT2D eigenvalue weighted by Crippen LogP contribution is -2.22. The Kier molecular flexibility index (Phi) is 2.96. The van der Waals surface area contributed by atoms with Crippen molar-refractivity contribution >= 4 is 0 Å². The molecule has 2 atom stereocenters. The molecule has 16 heavy (non-hydrogen) atoms. The van der Waals surface area contributed by atoms with E-state index in [1.54, 1.807) is 5.57 Å². The molecular weight excluding hydrogens is 196 g/mol.